The topological polar surface area (TPSA) is 60.2 Å². The number of methoxy groups -OCH3 is 1. The van der Waals surface area contributed by atoms with Gasteiger partial charge in [0.25, 0.3) is 0 Å². The van der Waals surface area contributed by atoms with E-state index in [4.69, 9.17) is 22.7 Å². The van der Waals surface area contributed by atoms with Gasteiger partial charge in [-0.1, -0.05) is 12.2 Å². The number of pyridine rings is 1. The van der Waals surface area contributed by atoms with Gasteiger partial charge in [0.1, 0.15) is 10.7 Å². The fourth-order valence-corrected chi connectivity index (χ4v) is 1.81. The first-order valence-electron chi connectivity index (χ1n) is 5.77. The van der Waals surface area contributed by atoms with Crippen LogP contribution in [0.15, 0.2) is 36.5 Å². The van der Waals surface area contributed by atoms with Crippen LogP contribution in [0.4, 0.5) is 11.4 Å². The molecule has 0 fully saturated rings. The monoisotopic (exact) mass is 273 g/mol. The van der Waals surface area contributed by atoms with Gasteiger partial charge in [0.15, 0.2) is 0 Å². The normalized spacial score (nSPS) is 10.0. The number of nitrogens with zero attached hydrogens (tertiary/aromatic N) is 1. The molecule has 0 bridgehead atoms. The number of benzene rings is 1. The third-order valence-electron chi connectivity index (χ3n) is 2.72. The van der Waals surface area contributed by atoms with Gasteiger partial charge in [0.05, 0.1) is 12.8 Å². The average molecular weight is 273 g/mol. The minimum Gasteiger partial charge on any atom is -0.497 e. The van der Waals surface area contributed by atoms with E-state index in [1.165, 1.54) is 0 Å². The number of ether oxygens (including phenoxy) is 1. The third-order valence-corrected chi connectivity index (χ3v) is 2.93. The number of nitrogens with one attached hydrogen (secondary N) is 1. The number of thiocarbonyl (C=S) groups is 1. The molecule has 1 aromatic carbocycles. The van der Waals surface area contributed by atoms with E-state index in [2.05, 4.69) is 10.3 Å². The fraction of sp³-hybridized carbons (Fsp3) is 0.143. The first-order chi connectivity index (χ1) is 9.10. The summed E-state index contributed by atoms with van der Waals surface area (Å²) in [6, 6.07) is 9.54. The molecule has 1 aromatic heterocycles. The van der Waals surface area contributed by atoms with Gasteiger partial charge < -0.3 is 15.8 Å². The molecule has 2 rings (SSSR count). The lowest BCUT2D eigenvalue weighted by atomic mass is 10.2. The Hall–Kier alpha value is -2.14. The number of hydrogen-bond acceptors (Lipinski definition) is 4. The second kappa shape index (κ2) is 5.67. The highest BCUT2D eigenvalue weighted by Crippen LogP contribution is 2.24. The minimum atomic E-state index is 0.287. The lowest BCUT2D eigenvalue weighted by Gasteiger charge is -2.11. The van der Waals surface area contributed by atoms with Crippen LogP contribution in [0, 0.1) is 6.92 Å². The highest BCUT2D eigenvalue weighted by Gasteiger charge is 2.03. The first kappa shape index (κ1) is 13.3. The van der Waals surface area contributed by atoms with Crippen molar-refractivity contribution in [2.45, 2.75) is 6.92 Å². The Kier molecular flexibility index (Phi) is 3.97. The van der Waals surface area contributed by atoms with Gasteiger partial charge in [-0.05, 0) is 42.8 Å². The van der Waals surface area contributed by atoms with E-state index < -0.39 is 0 Å². The van der Waals surface area contributed by atoms with Gasteiger partial charge in [-0.25, -0.2) is 0 Å². The van der Waals surface area contributed by atoms with Gasteiger partial charge >= 0.3 is 0 Å². The van der Waals surface area contributed by atoms with Crippen molar-refractivity contribution < 1.29 is 4.74 Å². The maximum absolute atomic E-state index is 5.57. The van der Waals surface area contributed by atoms with Gasteiger partial charge in [0, 0.05) is 17.6 Å². The molecule has 98 valence electrons. The van der Waals surface area contributed by atoms with Gasteiger partial charge in [0.2, 0.25) is 0 Å². The molecule has 0 atom stereocenters. The lowest BCUT2D eigenvalue weighted by molar-refractivity contribution is 0.414. The third kappa shape index (κ3) is 3.20. The van der Waals surface area contributed by atoms with Crippen LogP contribution in [0.5, 0.6) is 5.75 Å². The van der Waals surface area contributed by atoms with Crippen LogP contribution < -0.4 is 15.8 Å². The highest BCUT2D eigenvalue weighted by molar-refractivity contribution is 7.80. The van der Waals surface area contributed by atoms with Crippen molar-refractivity contribution >= 4 is 28.6 Å². The fourth-order valence-electron chi connectivity index (χ4n) is 1.70. The average Bonchev–Trinajstić information content (AvgIpc) is 2.41. The van der Waals surface area contributed by atoms with Crippen LogP contribution in [0.3, 0.4) is 0 Å². The quantitative estimate of drug-likeness (QED) is 0.839. The van der Waals surface area contributed by atoms with Crippen LogP contribution in [0.2, 0.25) is 0 Å². The van der Waals surface area contributed by atoms with Crippen LogP contribution >= 0.6 is 12.2 Å². The Bertz CT molecular complexity index is 613. The molecule has 1 heterocycles. The number of aryl methyl sites for hydroxylation is 1. The largest absolute Gasteiger partial charge is 0.497 e. The van der Waals surface area contributed by atoms with Crippen molar-refractivity contribution in [3.8, 4) is 5.75 Å². The van der Waals surface area contributed by atoms with E-state index in [-0.39, 0.29) is 4.99 Å². The SMILES string of the molecule is COc1ccc(Nc2ccnc(C(N)=S)c2)c(C)c1. The van der Waals surface area contributed by atoms with E-state index in [9.17, 15) is 0 Å². The number of hydrogen-bond donors (Lipinski definition) is 2. The molecular formula is C14H15N3OS. The molecule has 0 aliphatic rings. The Morgan fingerprint density at radius 1 is 1.32 bits per heavy atom. The Balaban J connectivity index is 2.26. The van der Waals surface area contributed by atoms with Crippen LogP contribution in [0.1, 0.15) is 11.3 Å². The van der Waals surface area contributed by atoms with E-state index in [0.717, 1.165) is 22.7 Å². The lowest BCUT2D eigenvalue weighted by Crippen LogP contribution is -2.11. The summed E-state index contributed by atoms with van der Waals surface area (Å²) in [5, 5.41) is 3.31. The zero-order chi connectivity index (χ0) is 13.8. The molecular weight excluding hydrogens is 258 g/mol. The molecule has 2 aromatic rings. The van der Waals surface area contributed by atoms with Gasteiger partial charge in [-0.3, -0.25) is 4.98 Å². The minimum absolute atomic E-state index is 0.287. The standard InChI is InChI=1S/C14H15N3OS/c1-9-7-11(18-2)3-4-12(9)17-10-5-6-16-13(8-10)14(15)19/h3-8H,1-2H3,(H2,15,19)(H,16,17). The molecule has 4 nitrogen and oxygen atoms in total. The van der Waals surface area contributed by atoms with E-state index >= 15 is 0 Å². The first-order valence-corrected chi connectivity index (χ1v) is 6.18. The Morgan fingerprint density at radius 3 is 2.74 bits per heavy atom. The summed E-state index contributed by atoms with van der Waals surface area (Å²) in [5.74, 6) is 0.835. The van der Waals surface area contributed by atoms with E-state index in [0.29, 0.717) is 5.69 Å². The molecule has 3 N–H and O–H groups in total. The zero-order valence-electron chi connectivity index (χ0n) is 10.8. The zero-order valence-corrected chi connectivity index (χ0v) is 11.6. The van der Waals surface area contributed by atoms with Crippen molar-refractivity contribution in [2.24, 2.45) is 5.73 Å². The molecule has 5 heteroatoms. The summed E-state index contributed by atoms with van der Waals surface area (Å²) in [4.78, 5) is 4.39. The maximum atomic E-state index is 5.57. The number of rotatable bonds is 4. The molecule has 0 spiro atoms. The predicted octanol–water partition coefficient (Wildman–Crippen LogP) is 2.78. The summed E-state index contributed by atoms with van der Waals surface area (Å²) < 4.78 is 5.18. The number of aromatic nitrogens is 1. The molecule has 0 aliphatic carbocycles. The number of nitrogens with two attached hydrogens (primary N) is 1. The van der Waals surface area contributed by atoms with Crippen LogP contribution in [0.25, 0.3) is 0 Å². The van der Waals surface area contributed by atoms with E-state index in [1.807, 2.05) is 37.3 Å². The molecule has 0 radical (unpaired) electrons. The summed E-state index contributed by atoms with van der Waals surface area (Å²) >= 11 is 4.92. The van der Waals surface area contributed by atoms with Crippen LogP contribution in [-0.2, 0) is 0 Å². The Morgan fingerprint density at radius 2 is 2.11 bits per heavy atom. The van der Waals surface area contributed by atoms with Gasteiger partial charge in [-0.15, -0.1) is 0 Å². The number of anilines is 2. The second-order valence-electron chi connectivity index (χ2n) is 4.10. The summed E-state index contributed by atoms with van der Waals surface area (Å²) in [6.45, 7) is 2.01. The van der Waals surface area contributed by atoms with Gasteiger partial charge in [-0.2, -0.15) is 0 Å². The van der Waals surface area contributed by atoms with Crippen molar-refractivity contribution in [1.29, 1.82) is 0 Å². The Labute approximate surface area is 117 Å². The van der Waals surface area contributed by atoms with Crippen molar-refractivity contribution in [2.75, 3.05) is 12.4 Å². The van der Waals surface area contributed by atoms with Crippen molar-refractivity contribution in [3.63, 3.8) is 0 Å². The predicted molar refractivity (Wildman–Crippen MR) is 81.1 cm³/mol. The molecule has 19 heavy (non-hydrogen) atoms. The molecule has 0 aliphatic heterocycles. The van der Waals surface area contributed by atoms with Crippen molar-refractivity contribution in [1.82, 2.24) is 4.98 Å². The smallest absolute Gasteiger partial charge is 0.122 e. The molecule has 0 saturated heterocycles. The maximum Gasteiger partial charge on any atom is 0.122 e. The van der Waals surface area contributed by atoms with Crippen LogP contribution in [-0.4, -0.2) is 17.1 Å². The summed E-state index contributed by atoms with van der Waals surface area (Å²) in [7, 11) is 1.65. The molecule has 0 saturated carbocycles. The molecule has 0 unspecified atom stereocenters. The summed E-state index contributed by atoms with van der Waals surface area (Å²) in [6.07, 6.45) is 1.68. The highest BCUT2D eigenvalue weighted by atomic mass is 32.1. The van der Waals surface area contributed by atoms with E-state index in [1.54, 1.807) is 13.3 Å². The van der Waals surface area contributed by atoms with Crippen molar-refractivity contribution in [3.05, 3.63) is 47.8 Å². The summed E-state index contributed by atoms with van der Waals surface area (Å²) in [5.41, 5.74) is 9.16. The molecule has 0 amide bonds. The second-order valence-corrected chi connectivity index (χ2v) is 4.54.